The van der Waals surface area contributed by atoms with Gasteiger partial charge in [-0.15, -0.1) is 0 Å². The fourth-order valence-corrected chi connectivity index (χ4v) is 2.55. The van der Waals surface area contributed by atoms with Crippen molar-refractivity contribution in [2.45, 2.75) is 32.7 Å². The molecule has 0 aliphatic carbocycles. The average Bonchev–Trinajstić information content (AvgIpc) is 2.07. The van der Waals surface area contributed by atoms with Crippen molar-refractivity contribution in [2.24, 2.45) is 5.92 Å². The first-order chi connectivity index (χ1) is 6.09. The Labute approximate surface area is 85.1 Å². The van der Waals surface area contributed by atoms with Crippen molar-refractivity contribution in [3.8, 4) is 0 Å². The summed E-state index contributed by atoms with van der Waals surface area (Å²) < 4.78 is 0. The molecule has 0 amide bonds. The lowest BCUT2D eigenvalue weighted by Gasteiger charge is -2.34. The minimum absolute atomic E-state index is 0.256. The van der Waals surface area contributed by atoms with Gasteiger partial charge >= 0.3 is 0 Å². The maximum absolute atomic E-state index is 10.8. The van der Waals surface area contributed by atoms with E-state index in [-0.39, 0.29) is 5.12 Å². The van der Waals surface area contributed by atoms with Crippen molar-refractivity contribution in [1.82, 2.24) is 4.90 Å². The predicted octanol–water partition coefficient (Wildman–Crippen LogP) is 2.00. The molecule has 2 unspecified atom stereocenters. The van der Waals surface area contributed by atoms with Gasteiger partial charge in [-0.1, -0.05) is 11.8 Å². The lowest BCUT2D eigenvalue weighted by atomic mass is 9.94. The van der Waals surface area contributed by atoms with Crippen molar-refractivity contribution < 1.29 is 4.79 Å². The van der Waals surface area contributed by atoms with E-state index >= 15 is 0 Å². The molecule has 0 aromatic carbocycles. The zero-order valence-electron chi connectivity index (χ0n) is 8.75. The fourth-order valence-electron chi connectivity index (χ4n) is 1.77. The molecule has 0 aromatic heterocycles. The third kappa shape index (κ3) is 3.69. The molecule has 0 N–H and O–H groups in total. The van der Waals surface area contributed by atoms with Crippen molar-refractivity contribution in [2.75, 3.05) is 19.3 Å². The van der Waals surface area contributed by atoms with Crippen molar-refractivity contribution in [3.63, 3.8) is 0 Å². The Balaban J connectivity index is 2.25. The summed E-state index contributed by atoms with van der Waals surface area (Å²) in [6, 6.07) is 0.686. The molecule has 2 nitrogen and oxygen atoms in total. The maximum Gasteiger partial charge on any atom is 0.185 e. The van der Waals surface area contributed by atoms with E-state index in [1.165, 1.54) is 31.1 Å². The van der Waals surface area contributed by atoms with E-state index in [1.54, 1.807) is 6.92 Å². The summed E-state index contributed by atoms with van der Waals surface area (Å²) in [7, 11) is 2.18. The van der Waals surface area contributed by atoms with Gasteiger partial charge in [0, 0.05) is 18.7 Å². The molecule has 2 atom stereocenters. The first-order valence-electron chi connectivity index (χ1n) is 4.93. The van der Waals surface area contributed by atoms with Crippen LogP contribution in [0.1, 0.15) is 26.7 Å². The molecule has 0 aromatic rings. The summed E-state index contributed by atoms with van der Waals surface area (Å²) in [5, 5.41) is 0.256. The van der Waals surface area contributed by atoms with Crippen LogP contribution in [-0.2, 0) is 4.79 Å². The third-order valence-electron chi connectivity index (χ3n) is 2.84. The molecule has 1 aliphatic rings. The Hall–Kier alpha value is -0.0200. The van der Waals surface area contributed by atoms with Crippen LogP contribution in [0.25, 0.3) is 0 Å². The number of hydrogen-bond acceptors (Lipinski definition) is 3. The Morgan fingerprint density at radius 2 is 2.31 bits per heavy atom. The predicted molar refractivity (Wildman–Crippen MR) is 58.0 cm³/mol. The Kier molecular flexibility index (Phi) is 4.26. The van der Waals surface area contributed by atoms with Gasteiger partial charge < -0.3 is 4.90 Å². The van der Waals surface area contributed by atoms with E-state index in [4.69, 9.17) is 0 Å². The van der Waals surface area contributed by atoms with Crippen LogP contribution < -0.4 is 0 Å². The number of rotatable bonds is 2. The number of nitrogens with zero attached hydrogens (tertiary/aromatic N) is 1. The van der Waals surface area contributed by atoms with Crippen LogP contribution in [0.5, 0.6) is 0 Å². The number of likely N-dealkylation sites (tertiary alicyclic amines) is 1. The second-order valence-corrected chi connectivity index (χ2v) is 5.22. The zero-order valence-corrected chi connectivity index (χ0v) is 9.56. The SMILES string of the molecule is CC(=O)SCC1CCN(C)C(C)C1. The van der Waals surface area contributed by atoms with Gasteiger partial charge in [0.2, 0.25) is 0 Å². The molecule has 0 radical (unpaired) electrons. The molecule has 1 heterocycles. The fraction of sp³-hybridized carbons (Fsp3) is 0.900. The van der Waals surface area contributed by atoms with Crippen molar-refractivity contribution in [3.05, 3.63) is 0 Å². The zero-order chi connectivity index (χ0) is 9.84. The van der Waals surface area contributed by atoms with E-state index < -0.39 is 0 Å². The molecule has 76 valence electrons. The highest BCUT2D eigenvalue weighted by Crippen LogP contribution is 2.24. The molecule has 0 saturated carbocycles. The largest absolute Gasteiger partial charge is 0.304 e. The molecule has 13 heavy (non-hydrogen) atoms. The Morgan fingerprint density at radius 3 is 2.85 bits per heavy atom. The van der Waals surface area contributed by atoms with E-state index in [0.717, 1.165) is 11.7 Å². The van der Waals surface area contributed by atoms with Gasteiger partial charge in [0.25, 0.3) is 0 Å². The molecular formula is C10H19NOS. The Bertz CT molecular complexity index is 184. The van der Waals surface area contributed by atoms with Gasteiger partial charge in [-0.3, -0.25) is 4.79 Å². The van der Waals surface area contributed by atoms with Gasteiger partial charge in [0.05, 0.1) is 0 Å². The molecule has 1 saturated heterocycles. The molecular weight excluding hydrogens is 182 g/mol. The average molecular weight is 201 g/mol. The van der Waals surface area contributed by atoms with Crippen LogP contribution in [0.2, 0.25) is 0 Å². The second-order valence-electron chi connectivity index (χ2n) is 4.02. The number of carbonyl (C=O) groups excluding carboxylic acids is 1. The number of hydrogen-bond donors (Lipinski definition) is 0. The van der Waals surface area contributed by atoms with Crippen LogP contribution in [0.3, 0.4) is 0 Å². The molecule has 1 rings (SSSR count). The summed E-state index contributed by atoms with van der Waals surface area (Å²) in [6.45, 7) is 5.11. The van der Waals surface area contributed by atoms with E-state index in [2.05, 4.69) is 18.9 Å². The van der Waals surface area contributed by atoms with Gasteiger partial charge in [-0.05, 0) is 39.3 Å². The van der Waals surface area contributed by atoms with E-state index in [0.29, 0.717) is 6.04 Å². The maximum atomic E-state index is 10.8. The number of carbonyl (C=O) groups is 1. The minimum Gasteiger partial charge on any atom is -0.304 e. The molecule has 1 aliphatic heterocycles. The van der Waals surface area contributed by atoms with Gasteiger partial charge in [-0.2, -0.15) is 0 Å². The van der Waals surface area contributed by atoms with Crippen molar-refractivity contribution >= 4 is 16.9 Å². The van der Waals surface area contributed by atoms with E-state index in [9.17, 15) is 4.79 Å². The number of piperidine rings is 1. The minimum atomic E-state index is 0.256. The highest BCUT2D eigenvalue weighted by Gasteiger charge is 2.22. The molecule has 3 heteroatoms. The highest BCUT2D eigenvalue weighted by atomic mass is 32.2. The van der Waals surface area contributed by atoms with Crippen LogP contribution in [0.4, 0.5) is 0 Å². The van der Waals surface area contributed by atoms with Crippen molar-refractivity contribution in [1.29, 1.82) is 0 Å². The quantitative estimate of drug-likeness (QED) is 0.681. The highest BCUT2D eigenvalue weighted by molar-refractivity contribution is 8.13. The first-order valence-corrected chi connectivity index (χ1v) is 5.91. The van der Waals surface area contributed by atoms with Crippen LogP contribution in [-0.4, -0.2) is 35.4 Å². The van der Waals surface area contributed by atoms with Gasteiger partial charge in [-0.25, -0.2) is 0 Å². The first kappa shape index (κ1) is 11.1. The molecule has 1 fully saturated rings. The van der Waals surface area contributed by atoms with Gasteiger partial charge in [0.15, 0.2) is 5.12 Å². The third-order valence-corrected chi connectivity index (χ3v) is 3.88. The Morgan fingerprint density at radius 1 is 1.62 bits per heavy atom. The summed E-state index contributed by atoms with van der Waals surface area (Å²) in [5.41, 5.74) is 0. The summed E-state index contributed by atoms with van der Waals surface area (Å²) in [5.74, 6) is 1.77. The molecule has 0 spiro atoms. The lowest BCUT2D eigenvalue weighted by molar-refractivity contribution is -0.109. The summed E-state index contributed by atoms with van der Waals surface area (Å²) in [6.07, 6.45) is 2.50. The normalized spacial score (nSPS) is 30.4. The standard InChI is InChI=1S/C10H19NOS/c1-8-6-10(4-5-11(8)3)7-13-9(2)12/h8,10H,4-7H2,1-3H3. The molecule has 0 bridgehead atoms. The lowest BCUT2D eigenvalue weighted by Crippen LogP contribution is -2.38. The summed E-state index contributed by atoms with van der Waals surface area (Å²) in [4.78, 5) is 13.2. The second kappa shape index (κ2) is 5.01. The van der Waals surface area contributed by atoms with Gasteiger partial charge in [0.1, 0.15) is 0 Å². The topological polar surface area (TPSA) is 20.3 Å². The monoisotopic (exact) mass is 201 g/mol. The smallest absolute Gasteiger partial charge is 0.185 e. The van der Waals surface area contributed by atoms with Crippen LogP contribution >= 0.6 is 11.8 Å². The van der Waals surface area contributed by atoms with Crippen LogP contribution in [0, 0.1) is 5.92 Å². The van der Waals surface area contributed by atoms with Crippen LogP contribution in [0.15, 0.2) is 0 Å². The summed E-state index contributed by atoms with van der Waals surface area (Å²) >= 11 is 1.48. The number of thioether (sulfide) groups is 1. The van der Waals surface area contributed by atoms with E-state index in [1.807, 2.05) is 0 Å².